The summed E-state index contributed by atoms with van der Waals surface area (Å²) in [4.78, 5) is 21.6. The molecule has 0 saturated heterocycles. The van der Waals surface area contributed by atoms with Gasteiger partial charge < -0.3 is 29.2 Å². The van der Waals surface area contributed by atoms with Crippen LogP contribution in [-0.2, 0) is 16.9 Å². The van der Waals surface area contributed by atoms with Gasteiger partial charge in [0.25, 0.3) is 0 Å². The second kappa shape index (κ2) is 8.39. The number of benzene rings is 2. The lowest BCUT2D eigenvalue weighted by molar-refractivity contribution is 0.0535. The number of nitrogens with one attached hydrogen (secondary N) is 1. The Bertz CT molecular complexity index is 1380. The number of ether oxygens (including phenoxy) is 2. The van der Waals surface area contributed by atoms with Crippen LogP contribution in [0.2, 0.25) is 0 Å². The van der Waals surface area contributed by atoms with Crippen molar-refractivity contribution in [2.75, 3.05) is 20.3 Å². The molecule has 0 aliphatic heterocycles. The van der Waals surface area contributed by atoms with Crippen molar-refractivity contribution in [1.82, 2.24) is 14.5 Å². The fourth-order valence-electron chi connectivity index (χ4n) is 4.70. The van der Waals surface area contributed by atoms with Gasteiger partial charge in [-0.25, -0.2) is 4.98 Å². The zero-order valence-corrected chi connectivity index (χ0v) is 19.3. The van der Waals surface area contributed by atoms with Crippen molar-refractivity contribution in [3.8, 4) is 17.1 Å². The van der Waals surface area contributed by atoms with Crippen molar-refractivity contribution in [2.45, 2.75) is 32.1 Å². The fraction of sp³-hybridized carbons (Fsp3) is 0.308. The number of hydrogen-bond acceptors (Lipinski definition) is 6. The quantitative estimate of drug-likeness (QED) is 0.390. The number of nitrogens with zero attached hydrogens (tertiary/aromatic N) is 2. The van der Waals surface area contributed by atoms with Crippen molar-refractivity contribution in [3.05, 3.63) is 71.2 Å². The van der Waals surface area contributed by atoms with Crippen LogP contribution >= 0.6 is 0 Å². The van der Waals surface area contributed by atoms with Crippen LogP contribution in [0.4, 0.5) is 0 Å². The minimum atomic E-state index is -0.959. The molecule has 4 aromatic rings. The molecule has 34 heavy (non-hydrogen) atoms. The Kier molecular flexibility index (Phi) is 5.51. The highest BCUT2D eigenvalue weighted by Crippen LogP contribution is 2.45. The summed E-state index contributed by atoms with van der Waals surface area (Å²) < 4.78 is 12.8. The number of ketones is 1. The van der Waals surface area contributed by atoms with Crippen molar-refractivity contribution >= 4 is 16.7 Å². The van der Waals surface area contributed by atoms with E-state index in [4.69, 9.17) is 14.6 Å². The van der Waals surface area contributed by atoms with Gasteiger partial charge in [-0.15, -0.1) is 0 Å². The fourth-order valence-corrected chi connectivity index (χ4v) is 4.70. The van der Waals surface area contributed by atoms with Crippen molar-refractivity contribution in [3.63, 3.8) is 0 Å². The van der Waals surface area contributed by atoms with Crippen LogP contribution < -0.4 is 4.74 Å². The molecule has 0 saturated carbocycles. The Morgan fingerprint density at radius 2 is 2.03 bits per heavy atom. The summed E-state index contributed by atoms with van der Waals surface area (Å²) in [6, 6.07) is 11.3. The normalized spacial score (nSPS) is 15.3. The summed E-state index contributed by atoms with van der Waals surface area (Å²) in [7, 11) is 1.64. The third kappa shape index (κ3) is 3.51. The number of imidazole rings is 1. The molecule has 2 heterocycles. The summed E-state index contributed by atoms with van der Waals surface area (Å²) in [5.74, 6) is 1.29. The molecule has 1 aliphatic rings. The van der Waals surface area contributed by atoms with Gasteiger partial charge in [0, 0.05) is 52.6 Å². The zero-order chi connectivity index (χ0) is 24.0. The van der Waals surface area contributed by atoms with Gasteiger partial charge in [0.05, 0.1) is 12.2 Å². The number of carbonyl (C=O) groups is 1. The lowest BCUT2D eigenvalue weighted by Gasteiger charge is -2.32. The maximum absolute atomic E-state index is 13.6. The average molecular weight is 462 g/mol. The van der Waals surface area contributed by atoms with E-state index in [1.165, 1.54) is 0 Å². The number of aromatic nitrogens is 3. The third-order valence-corrected chi connectivity index (χ3v) is 6.45. The Morgan fingerprint density at radius 1 is 1.21 bits per heavy atom. The first-order valence-electron chi connectivity index (χ1n) is 11.1. The van der Waals surface area contributed by atoms with Gasteiger partial charge in [-0.1, -0.05) is 26.0 Å². The summed E-state index contributed by atoms with van der Waals surface area (Å²) in [5.41, 5.74) is 4.33. The first-order chi connectivity index (χ1) is 16.3. The number of aliphatic hydroxyl groups is 2. The van der Waals surface area contributed by atoms with Gasteiger partial charge in [-0.3, -0.25) is 4.79 Å². The largest absolute Gasteiger partial charge is 0.491 e. The van der Waals surface area contributed by atoms with E-state index in [0.717, 1.165) is 33.5 Å². The van der Waals surface area contributed by atoms with E-state index < -0.39 is 11.5 Å². The number of rotatable bonds is 7. The Hall–Kier alpha value is -3.46. The highest BCUT2D eigenvalue weighted by Gasteiger charge is 2.40. The van der Waals surface area contributed by atoms with E-state index in [9.17, 15) is 9.90 Å². The second-order valence-corrected chi connectivity index (χ2v) is 9.08. The molecule has 8 nitrogen and oxygen atoms in total. The molecule has 0 radical (unpaired) electrons. The van der Waals surface area contributed by atoms with Gasteiger partial charge in [-0.2, -0.15) is 0 Å². The molecule has 1 aliphatic carbocycles. The highest BCUT2D eigenvalue weighted by molar-refractivity contribution is 6.20. The van der Waals surface area contributed by atoms with Gasteiger partial charge in [0.2, 0.25) is 0 Å². The zero-order valence-electron chi connectivity index (χ0n) is 19.3. The van der Waals surface area contributed by atoms with Gasteiger partial charge in [0.1, 0.15) is 31.0 Å². The number of fused-ring (bicyclic) bond motifs is 4. The van der Waals surface area contributed by atoms with E-state index in [2.05, 4.69) is 23.8 Å². The molecule has 0 spiro atoms. The minimum Gasteiger partial charge on any atom is -0.491 e. The van der Waals surface area contributed by atoms with Crippen molar-refractivity contribution < 1.29 is 24.5 Å². The summed E-state index contributed by atoms with van der Waals surface area (Å²) in [5, 5.41) is 19.5. The predicted octanol–water partition coefficient (Wildman–Crippen LogP) is 3.24. The van der Waals surface area contributed by atoms with Crippen LogP contribution in [0.1, 0.15) is 41.0 Å². The lowest BCUT2D eigenvalue weighted by Crippen LogP contribution is -2.30. The van der Waals surface area contributed by atoms with Crippen LogP contribution in [0, 0.1) is 0 Å². The molecule has 0 amide bonds. The van der Waals surface area contributed by atoms with E-state index in [0.29, 0.717) is 23.6 Å². The molecule has 0 fully saturated rings. The molecule has 0 unspecified atom stereocenters. The Labute approximate surface area is 196 Å². The SMILES string of the molecule is COCn1ccnc1-c1ccc2c3c([nH]c2c1)C(C)(C)c1cc(OC[C@@H](O)CO)ccc1C3=O. The minimum absolute atomic E-state index is 0.0249. The number of hydrogen-bond donors (Lipinski definition) is 3. The standard InChI is InChI=1S/C26H27N3O5/c1-26(2)20-11-17(34-13-16(31)12-30)5-7-18(20)23(32)22-19-6-4-15(10-21(19)28-24(22)26)25-27-8-9-29(25)14-33-3/h4-11,16,28,30-31H,12-14H2,1-3H3/t16-/m0/s1. The van der Waals surface area contributed by atoms with Gasteiger partial charge in [0.15, 0.2) is 5.78 Å². The Balaban J connectivity index is 1.58. The summed E-state index contributed by atoms with van der Waals surface area (Å²) in [6.07, 6.45) is 2.64. The molecule has 8 heteroatoms. The molecule has 5 rings (SSSR count). The summed E-state index contributed by atoms with van der Waals surface area (Å²) in [6.45, 7) is 4.15. The average Bonchev–Trinajstić information content (AvgIpc) is 3.46. The molecular formula is C26H27N3O5. The molecule has 3 N–H and O–H groups in total. The number of methoxy groups -OCH3 is 1. The highest BCUT2D eigenvalue weighted by atomic mass is 16.5. The molecule has 0 bridgehead atoms. The number of aliphatic hydroxyl groups excluding tert-OH is 2. The topological polar surface area (TPSA) is 110 Å². The Morgan fingerprint density at radius 3 is 2.79 bits per heavy atom. The van der Waals surface area contributed by atoms with Crippen LogP contribution in [0.25, 0.3) is 22.3 Å². The molecule has 2 aromatic carbocycles. The first kappa shape index (κ1) is 22.3. The van der Waals surface area contributed by atoms with Crippen LogP contribution in [0.5, 0.6) is 5.75 Å². The van der Waals surface area contributed by atoms with Crippen LogP contribution in [0.3, 0.4) is 0 Å². The monoisotopic (exact) mass is 461 g/mol. The molecule has 2 aromatic heterocycles. The number of carbonyl (C=O) groups excluding carboxylic acids is 1. The number of H-pyrrole nitrogens is 1. The third-order valence-electron chi connectivity index (χ3n) is 6.45. The van der Waals surface area contributed by atoms with Crippen LogP contribution in [0.15, 0.2) is 48.8 Å². The van der Waals surface area contributed by atoms with Crippen LogP contribution in [-0.4, -0.2) is 57.0 Å². The maximum atomic E-state index is 13.6. The van der Waals surface area contributed by atoms with E-state index in [1.807, 2.05) is 35.0 Å². The number of aromatic amines is 1. The first-order valence-corrected chi connectivity index (χ1v) is 11.1. The smallest absolute Gasteiger partial charge is 0.195 e. The van der Waals surface area contributed by atoms with Gasteiger partial charge >= 0.3 is 0 Å². The lowest BCUT2D eigenvalue weighted by atomic mass is 9.71. The summed E-state index contributed by atoms with van der Waals surface area (Å²) >= 11 is 0. The van der Waals surface area contributed by atoms with E-state index >= 15 is 0 Å². The molecular weight excluding hydrogens is 434 g/mol. The van der Waals surface area contributed by atoms with Crippen molar-refractivity contribution in [2.24, 2.45) is 0 Å². The second-order valence-electron chi connectivity index (χ2n) is 9.08. The maximum Gasteiger partial charge on any atom is 0.195 e. The predicted molar refractivity (Wildman–Crippen MR) is 127 cm³/mol. The van der Waals surface area contributed by atoms with E-state index in [-0.39, 0.29) is 19.0 Å². The molecule has 1 atom stereocenters. The molecule has 176 valence electrons. The van der Waals surface area contributed by atoms with Crippen molar-refractivity contribution in [1.29, 1.82) is 0 Å². The van der Waals surface area contributed by atoms with E-state index in [1.54, 1.807) is 25.4 Å². The van der Waals surface area contributed by atoms with Gasteiger partial charge in [-0.05, 0) is 29.8 Å².